The molecule has 26 heavy (non-hydrogen) atoms. The summed E-state index contributed by atoms with van der Waals surface area (Å²) in [6, 6.07) is 13.8. The van der Waals surface area contributed by atoms with Crippen molar-refractivity contribution in [2.24, 2.45) is 0 Å². The minimum Gasteiger partial charge on any atom is -0.341 e. The highest BCUT2D eigenvalue weighted by molar-refractivity contribution is 8.00. The van der Waals surface area contributed by atoms with Crippen molar-refractivity contribution in [3.05, 3.63) is 65.5 Å². The number of thioether (sulfide) groups is 1. The van der Waals surface area contributed by atoms with E-state index < -0.39 is 0 Å². The van der Waals surface area contributed by atoms with Crippen molar-refractivity contribution in [1.29, 1.82) is 0 Å². The number of anilines is 1. The van der Waals surface area contributed by atoms with E-state index in [0.717, 1.165) is 12.0 Å². The molecular formula is C20H23FN2O2S. The fraction of sp³-hybridized carbons (Fsp3) is 0.300. The first-order valence-corrected chi connectivity index (χ1v) is 9.58. The van der Waals surface area contributed by atoms with Gasteiger partial charge in [0.15, 0.2) is 0 Å². The van der Waals surface area contributed by atoms with Gasteiger partial charge in [-0.1, -0.05) is 31.2 Å². The van der Waals surface area contributed by atoms with Gasteiger partial charge in [-0.05, 0) is 41.8 Å². The van der Waals surface area contributed by atoms with Crippen LogP contribution in [0.5, 0.6) is 0 Å². The van der Waals surface area contributed by atoms with Crippen molar-refractivity contribution in [2.45, 2.75) is 19.9 Å². The van der Waals surface area contributed by atoms with Gasteiger partial charge in [0, 0.05) is 19.3 Å². The van der Waals surface area contributed by atoms with E-state index in [2.05, 4.69) is 24.4 Å². The average Bonchev–Trinajstić information content (AvgIpc) is 2.64. The lowest BCUT2D eigenvalue weighted by Crippen LogP contribution is -2.28. The summed E-state index contributed by atoms with van der Waals surface area (Å²) in [4.78, 5) is 25.7. The molecule has 0 bridgehead atoms. The van der Waals surface area contributed by atoms with Crippen LogP contribution >= 0.6 is 11.8 Å². The topological polar surface area (TPSA) is 49.4 Å². The molecule has 0 aliphatic carbocycles. The number of rotatable bonds is 8. The molecule has 0 aromatic heterocycles. The van der Waals surface area contributed by atoms with Crippen molar-refractivity contribution in [3.63, 3.8) is 0 Å². The Labute approximate surface area is 157 Å². The molecule has 2 amide bonds. The summed E-state index contributed by atoms with van der Waals surface area (Å²) in [5.41, 5.74) is 2.89. The molecule has 0 saturated carbocycles. The number of nitrogens with zero attached hydrogens (tertiary/aromatic N) is 1. The third-order valence-electron chi connectivity index (χ3n) is 3.86. The molecule has 0 spiro atoms. The molecule has 1 N–H and O–H groups in total. The number of hydrogen-bond acceptors (Lipinski definition) is 3. The maximum Gasteiger partial charge on any atom is 0.234 e. The lowest BCUT2D eigenvalue weighted by Gasteiger charge is -2.17. The third-order valence-corrected chi connectivity index (χ3v) is 4.78. The van der Waals surface area contributed by atoms with Gasteiger partial charge in [0.2, 0.25) is 11.8 Å². The number of carbonyl (C=O) groups is 2. The quantitative estimate of drug-likeness (QED) is 0.766. The summed E-state index contributed by atoms with van der Waals surface area (Å²) < 4.78 is 12.8. The SMILES string of the molecule is CCc1ccc(CN(C)C(=O)CSCC(=O)Nc2ccc(F)cc2)cc1. The van der Waals surface area contributed by atoms with Crippen LogP contribution < -0.4 is 5.32 Å². The van der Waals surface area contributed by atoms with Crippen LogP contribution in [0.15, 0.2) is 48.5 Å². The maximum absolute atomic E-state index is 12.8. The van der Waals surface area contributed by atoms with E-state index in [-0.39, 0.29) is 29.1 Å². The Balaban J connectivity index is 1.71. The van der Waals surface area contributed by atoms with Crippen molar-refractivity contribution < 1.29 is 14.0 Å². The number of aryl methyl sites for hydroxylation is 1. The van der Waals surface area contributed by atoms with Crippen molar-refractivity contribution in [3.8, 4) is 0 Å². The van der Waals surface area contributed by atoms with Gasteiger partial charge in [0.25, 0.3) is 0 Å². The molecule has 0 saturated heterocycles. The van der Waals surface area contributed by atoms with E-state index in [0.29, 0.717) is 12.2 Å². The third kappa shape index (κ3) is 6.52. The number of benzene rings is 2. The van der Waals surface area contributed by atoms with Crippen LogP contribution in [-0.4, -0.2) is 35.3 Å². The van der Waals surface area contributed by atoms with Gasteiger partial charge in [0.05, 0.1) is 11.5 Å². The van der Waals surface area contributed by atoms with Crippen molar-refractivity contribution in [2.75, 3.05) is 23.9 Å². The highest BCUT2D eigenvalue weighted by Crippen LogP contribution is 2.11. The molecule has 0 unspecified atom stereocenters. The largest absolute Gasteiger partial charge is 0.341 e. The second-order valence-electron chi connectivity index (χ2n) is 5.97. The molecule has 138 valence electrons. The Kier molecular flexibility index (Phi) is 7.66. The number of halogens is 1. The standard InChI is InChI=1S/C20H23FN2O2S/c1-3-15-4-6-16(7-5-15)12-23(2)20(25)14-26-13-19(24)22-18-10-8-17(21)9-11-18/h4-11H,3,12-14H2,1-2H3,(H,22,24). The Bertz CT molecular complexity index is 732. The van der Waals surface area contributed by atoms with Crippen LogP contribution in [0.25, 0.3) is 0 Å². The summed E-state index contributed by atoms with van der Waals surface area (Å²) in [5, 5.41) is 2.67. The molecule has 0 atom stereocenters. The minimum atomic E-state index is -0.352. The molecule has 0 aliphatic rings. The summed E-state index contributed by atoms with van der Waals surface area (Å²) >= 11 is 1.26. The molecule has 6 heteroatoms. The molecular weight excluding hydrogens is 351 g/mol. The molecule has 0 aliphatic heterocycles. The second-order valence-corrected chi connectivity index (χ2v) is 6.95. The number of nitrogens with one attached hydrogen (secondary N) is 1. The normalized spacial score (nSPS) is 10.4. The first kappa shape index (κ1) is 20.0. The van der Waals surface area contributed by atoms with Gasteiger partial charge in [-0.25, -0.2) is 4.39 Å². The first-order chi connectivity index (χ1) is 12.5. The smallest absolute Gasteiger partial charge is 0.234 e. The van der Waals surface area contributed by atoms with E-state index in [9.17, 15) is 14.0 Å². The molecule has 2 aromatic carbocycles. The zero-order valence-electron chi connectivity index (χ0n) is 15.0. The average molecular weight is 374 g/mol. The van der Waals surface area contributed by atoms with E-state index in [4.69, 9.17) is 0 Å². The zero-order valence-corrected chi connectivity index (χ0v) is 15.8. The highest BCUT2D eigenvalue weighted by atomic mass is 32.2. The van der Waals surface area contributed by atoms with Crippen LogP contribution in [-0.2, 0) is 22.6 Å². The fourth-order valence-electron chi connectivity index (χ4n) is 2.31. The van der Waals surface area contributed by atoms with Crippen molar-refractivity contribution >= 4 is 29.3 Å². The fourth-order valence-corrected chi connectivity index (χ4v) is 3.07. The Morgan fingerprint density at radius 1 is 1.00 bits per heavy atom. The Morgan fingerprint density at radius 3 is 2.23 bits per heavy atom. The second kappa shape index (κ2) is 9.97. The van der Waals surface area contributed by atoms with Crippen molar-refractivity contribution in [1.82, 2.24) is 4.90 Å². The molecule has 0 fully saturated rings. The molecule has 4 nitrogen and oxygen atoms in total. The van der Waals surface area contributed by atoms with Crippen LogP contribution in [0.2, 0.25) is 0 Å². The molecule has 2 aromatic rings. The Morgan fingerprint density at radius 2 is 1.62 bits per heavy atom. The summed E-state index contributed by atoms with van der Waals surface area (Å²) in [6.45, 7) is 2.65. The van der Waals surface area contributed by atoms with Gasteiger partial charge in [-0.2, -0.15) is 0 Å². The van der Waals surface area contributed by atoms with Gasteiger partial charge in [0.1, 0.15) is 5.82 Å². The summed E-state index contributed by atoms with van der Waals surface area (Å²) in [7, 11) is 1.76. The van der Waals surface area contributed by atoms with Crippen LogP contribution in [0.4, 0.5) is 10.1 Å². The van der Waals surface area contributed by atoms with Crippen LogP contribution in [0, 0.1) is 5.82 Å². The predicted molar refractivity (Wildman–Crippen MR) is 105 cm³/mol. The number of carbonyl (C=O) groups excluding carboxylic acids is 2. The van der Waals surface area contributed by atoms with E-state index >= 15 is 0 Å². The lowest BCUT2D eigenvalue weighted by atomic mass is 10.1. The minimum absolute atomic E-state index is 0.0239. The summed E-state index contributed by atoms with van der Waals surface area (Å²) in [5.74, 6) is -0.186. The first-order valence-electron chi connectivity index (χ1n) is 8.43. The van der Waals surface area contributed by atoms with E-state index in [1.165, 1.54) is 41.6 Å². The maximum atomic E-state index is 12.8. The van der Waals surface area contributed by atoms with Gasteiger partial charge in [-0.15, -0.1) is 11.8 Å². The highest BCUT2D eigenvalue weighted by Gasteiger charge is 2.11. The van der Waals surface area contributed by atoms with Gasteiger partial charge < -0.3 is 10.2 Å². The van der Waals surface area contributed by atoms with E-state index in [1.807, 2.05) is 12.1 Å². The van der Waals surface area contributed by atoms with Crippen LogP contribution in [0.3, 0.4) is 0 Å². The van der Waals surface area contributed by atoms with Gasteiger partial charge >= 0.3 is 0 Å². The molecule has 2 rings (SSSR count). The zero-order chi connectivity index (χ0) is 18.9. The number of hydrogen-bond donors (Lipinski definition) is 1. The van der Waals surface area contributed by atoms with Crippen LogP contribution in [0.1, 0.15) is 18.1 Å². The van der Waals surface area contributed by atoms with E-state index in [1.54, 1.807) is 11.9 Å². The van der Waals surface area contributed by atoms with Gasteiger partial charge in [-0.3, -0.25) is 9.59 Å². The molecule has 0 radical (unpaired) electrons. The predicted octanol–water partition coefficient (Wildman–Crippen LogP) is 3.72. The number of amides is 2. The summed E-state index contributed by atoms with van der Waals surface area (Å²) in [6.07, 6.45) is 0.992. The monoisotopic (exact) mass is 374 g/mol. The Hall–Kier alpha value is -2.34. The molecule has 0 heterocycles. The lowest BCUT2D eigenvalue weighted by molar-refractivity contribution is -0.127.